The van der Waals surface area contributed by atoms with Gasteiger partial charge < -0.3 is 4.90 Å². The Bertz CT molecular complexity index is 384. The summed E-state index contributed by atoms with van der Waals surface area (Å²) in [5.74, 6) is 1.99. The van der Waals surface area contributed by atoms with Crippen LogP contribution in [0.25, 0.3) is 0 Å². The molecule has 0 spiro atoms. The number of thioether (sulfide) groups is 1. The summed E-state index contributed by atoms with van der Waals surface area (Å²) in [6.45, 7) is 10.9. The zero-order chi connectivity index (χ0) is 12.4. The largest absolute Gasteiger partial charge is 0.354 e. The molecule has 0 amide bonds. The Morgan fingerprint density at radius 3 is 2.53 bits per heavy atom. The van der Waals surface area contributed by atoms with E-state index in [1.165, 1.54) is 0 Å². The summed E-state index contributed by atoms with van der Waals surface area (Å²) in [6.07, 6.45) is 0.976. The molecule has 4 heteroatoms. The quantitative estimate of drug-likeness (QED) is 0.808. The van der Waals surface area contributed by atoms with Crippen molar-refractivity contribution in [1.29, 1.82) is 0 Å². The monoisotopic (exact) mass is 251 g/mol. The Hall–Kier alpha value is -0.770. The minimum absolute atomic E-state index is 0.680. The molecule has 94 valence electrons. The molecule has 0 aromatic carbocycles. The molecule has 1 aromatic heterocycles. The fourth-order valence-corrected chi connectivity index (χ4v) is 3.65. The van der Waals surface area contributed by atoms with Crippen LogP contribution in [0.2, 0.25) is 0 Å². The molecular formula is C13H21N3S. The first-order valence-electron chi connectivity index (χ1n) is 6.33. The summed E-state index contributed by atoms with van der Waals surface area (Å²) in [4.78, 5) is 11.4. The number of hydrogen-bond donors (Lipinski definition) is 0. The van der Waals surface area contributed by atoms with E-state index in [4.69, 9.17) is 0 Å². The highest BCUT2D eigenvalue weighted by Gasteiger charge is 2.23. The molecule has 0 saturated carbocycles. The fraction of sp³-hybridized carbons (Fsp3) is 0.692. The van der Waals surface area contributed by atoms with Crippen LogP contribution in [-0.4, -0.2) is 33.6 Å². The van der Waals surface area contributed by atoms with Crippen LogP contribution in [0.1, 0.15) is 32.3 Å². The van der Waals surface area contributed by atoms with Gasteiger partial charge in [-0.25, -0.2) is 9.97 Å². The highest BCUT2D eigenvalue weighted by molar-refractivity contribution is 8.00. The van der Waals surface area contributed by atoms with Crippen LogP contribution in [0.3, 0.4) is 0 Å². The van der Waals surface area contributed by atoms with Crippen molar-refractivity contribution < 1.29 is 0 Å². The molecule has 0 bridgehead atoms. The Labute approximate surface area is 108 Å². The van der Waals surface area contributed by atoms with E-state index in [2.05, 4.69) is 53.5 Å². The van der Waals surface area contributed by atoms with Gasteiger partial charge in [0.2, 0.25) is 0 Å². The maximum Gasteiger partial charge on any atom is 0.132 e. The lowest BCUT2D eigenvalue weighted by molar-refractivity contribution is 0.713. The van der Waals surface area contributed by atoms with Gasteiger partial charge in [-0.05, 0) is 13.3 Å². The van der Waals surface area contributed by atoms with Crippen molar-refractivity contribution in [2.45, 2.75) is 44.6 Å². The Morgan fingerprint density at radius 1 is 1.29 bits per heavy atom. The van der Waals surface area contributed by atoms with Crippen LogP contribution in [0.4, 0.5) is 5.82 Å². The van der Waals surface area contributed by atoms with E-state index in [9.17, 15) is 0 Å². The van der Waals surface area contributed by atoms with Crippen LogP contribution in [0, 0.1) is 6.92 Å². The highest BCUT2D eigenvalue weighted by Crippen LogP contribution is 2.27. The third-order valence-electron chi connectivity index (χ3n) is 2.98. The fourth-order valence-electron chi connectivity index (χ4n) is 2.32. The normalized spacial score (nSPS) is 25.1. The van der Waals surface area contributed by atoms with E-state index in [-0.39, 0.29) is 0 Å². The molecule has 2 unspecified atom stereocenters. The average Bonchev–Trinajstić information content (AvgIpc) is 2.26. The number of nitrogens with zero attached hydrogens (tertiary/aromatic N) is 3. The number of rotatable bonds is 2. The van der Waals surface area contributed by atoms with Crippen molar-refractivity contribution in [2.24, 2.45) is 0 Å². The first-order valence-corrected chi connectivity index (χ1v) is 7.27. The standard InChI is InChI=1S/C13H21N3S/c1-5-12-6-13(15-11(4)14-12)16-7-9(2)17-10(3)8-16/h6,9-10H,5,7-8H2,1-4H3. The lowest BCUT2D eigenvalue weighted by atomic mass is 10.2. The van der Waals surface area contributed by atoms with Gasteiger partial charge in [0, 0.05) is 35.3 Å². The van der Waals surface area contributed by atoms with E-state index in [1.807, 2.05) is 6.92 Å². The molecular weight excluding hydrogens is 230 g/mol. The summed E-state index contributed by atoms with van der Waals surface area (Å²) < 4.78 is 0. The first kappa shape index (κ1) is 12.7. The molecule has 2 rings (SSSR count). The average molecular weight is 251 g/mol. The first-order chi connectivity index (χ1) is 8.08. The summed E-state index contributed by atoms with van der Waals surface area (Å²) in [6, 6.07) is 2.14. The smallest absolute Gasteiger partial charge is 0.132 e. The lowest BCUT2D eigenvalue weighted by Crippen LogP contribution is -2.41. The van der Waals surface area contributed by atoms with E-state index >= 15 is 0 Å². The number of hydrogen-bond acceptors (Lipinski definition) is 4. The zero-order valence-corrected chi connectivity index (χ0v) is 11.9. The highest BCUT2D eigenvalue weighted by atomic mass is 32.2. The van der Waals surface area contributed by atoms with Crippen LogP contribution in [0.15, 0.2) is 6.07 Å². The summed E-state index contributed by atoms with van der Waals surface area (Å²) >= 11 is 2.07. The second-order valence-corrected chi connectivity index (χ2v) is 6.66. The number of aromatic nitrogens is 2. The minimum Gasteiger partial charge on any atom is -0.354 e. The van der Waals surface area contributed by atoms with E-state index < -0.39 is 0 Å². The van der Waals surface area contributed by atoms with Crippen LogP contribution in [0.5, 0.6) is 0 Å². The molecule has 1 aliphatic rings. The van der Waals surface area contributed by atoms with Crippen LogP contribution < -0.4 is 4.90 Å². The van der Waals surface area contributed by atoms with Crippen molar-refractivity contribution in [3.8, 4) is 0 Å². The Kier molecular flexibility index (Phi) is 3.92. The topological polar surface area (TPSA) is 29.0 Å². The van der Waals surface area contributed by atoms with Gasteiger partial charge in [0.05, 0.1) is 0 Å². The van der Waals surface area contributed by atoms with Gasteiger partial charge in [-0.15, -0.1) is 0 Å². The molecule has 2 atom stereocenters. The zero-order valence-electron chi connectivity index (χ0n) is 11.1. The van der Waals surface area contributed by atoms with E-state index in [1.54, 1.807) is 0 Å². The second kappa shape index (κ2) is 5.25. The Balaban J connectivity index is 2.23. The van der Waals surface area contributed by atoms with Crippen molar-refractivity contribution >= 4 is 17.6 Å². The molecule has 3 nitrogen and oxygen atoms in total. The molecule has 1 fully saturated rings. The molecule has 1 aliphatic heterocycles. The molecule has 17 heavy (non-hydrogen) atoms. The minimum atomic E-state index is 0.680. The second-order valence-electron chi connectivity index (χ2n) is 4.78. The Morgan fingerprint density at radius 2 is 1.94 bits per heavy atom. The summed E-state index contributed by atoms with van der Waals surface area (Å²) in [7, 11) is 0. The van der Waals surface area contributed by atoms with E-state index in [0.717, 1.165) is 36.8 Å². The van der Waals surface area contributed by atoms with Crippen molar-refractivity contribution in [1.82, 2.24) is 9.97 Å². The molecule has 1 saturated heterocycles. The lowest BCUT2D eigenvalue weighted by Gasteiger charge is -2.35. The maximum atomic E-state index is 4.58. The van der Waals surface area contributed by atoms with Gasteiger partial charge in [-0.3, -0.25) is 0 Å². The van der Waals surface area contributed by atoms with Crippen molar-refractivity contribution in [3.63, 3.8) is 0 Å². The molecule has 0 radical (unpaired) electrons. The van der Waals surface area contributed by atoms with Gasteiger partial charge in [0.25, 0.3) is 0 Å². The molecule has 0 aliphatic carbocycles. The van der Waals surface area contributed by atoms with Crippen molar-refractivity contribution in [2.75, 3.05) is 18.0 Å². The number of anilines is 1. The molecule has 2 heterocycles. The van der Waals surface area contributed by atoms with Gasteiger partial charge in [0.15, 0.2) is 0 Å². The van der Waals surface area contributed by atoms with E-state index in [0.29, 0.717) is 10.5 Å². The van der Waals surface area contributed by atoms with Gasteiger partial charge in [-0.2, -0.15) is 11.8 Å². The van der Waals surface area contributed by atoms with Crippen LogP contribution in [-0.2, 0) is 6.42 Å². The van der Waals surface area contributed by atoms with Gasteiger partial charge >= 0.3 is 0 Å². The molecule has 1 aromatic rings. The third kappa shape index (κ3) is 3.12. The van der Waals surface area contributed by atoms with Crippen LogP contribution >= 0.6 is 11.8 Å². The third-order valence-corrected chi connectivity index (χ3v) is 4.21. The summed E-state index contributed by atoms with van der Waals surface area (Å²) in [5, 5.41) is 1.36. The summed E-state index contributed by atoms with van der Waals surface area (Å²) in [5.41, 5.74) is 1.14. The van der Waals surface area contributed by atoms with Crippen molar-refractivity contribution in [3.05, 3.63) is 17.6 Å². The SMILES string of the molecule is CCc1cc(N2CC(C)SC(C)C2)nc(C)n1. The number of aryl methyl sites for hydroxylation is 2. The van der Waals surface area contributed by atoms with Gasteiger partial charge in [0.1, 0.15) is 11.6 Å². The predicted octanol–water partition coefficient (Wildman–Crippen LogP) is 2.68. The van der Waals surface area contributed by atoms with Gasteiger partial charge in [-0.1, -0.05) is 20.8 Å². The predicted molar refractivity (Wildman–Crippen MR) is 74.9 cm³/mol. The molecule has 0 N–H and O–H groups in total. The maximum absolute atomic E-state index is 4.58.